The lowest BCUT2D eigenvalue weighted by Gasteiger charge is -2.15. The van der Waals surface area contributed by atoms with Crippen LogP contribution in [0.2, 0.25) is 0 Å². The van der Waals surface area contributed by atoms with Crippen LogP contribution in [0.5, 0.6) is 0 Å². The number of rotatable bonds is 4. The van der Waals surface area contributed by atoms with Gasteiger partial charge < -0.3 is 5.32 Å². The van der Waals surface area contributed by atoms with Gasteiger partial charge in [-0.1, -0.05) is 6.92 Å². The number of hydrogen-bond donors (Lipinski definition) is 1. The molecule has 1 N–H and O–H groups in total. The molecule has 1 aromatic heterocycles. The number of nitrogens with zero attached hydrogens (tertiary/aromatic N) is 2. The van der Waals surface area contributed by atoms with Gasteiger partial charge in [0.1, 0.15) is 0 Å². The van der Waals surface area contributed by atoms with Gasteiger partial charge in [0.25, 0.3) is 6.43 Å². The van der Waals surface area contributed by atoms with E-state index < -0.39 is 12.5 Å². The topological polar surface area (TPSA) is 29.9 Å². The van der Waals surface area contributed by atoms with Gasteiger partial charge in [-0.15, -0.1) is 0 Å². The fourth-order valence-electron chi connectivity index (χ4n) is 1.48. The predicted octanol–water partition coefficient (Wildman–Crippen LogP) is 1.64. The third-order valence-corrected chi connectivity index (χ3v) is 2.06. The van der Waals surface area contributed by atoms with Crippen LogP contribution in [0.25, 0.3) is 0 Å². The molecule has 0 fully saturated rings. The van der Waals surface area contributed by atoms with Crippen LogP contribution in [0.3, 0.4) is 0 Å². The molecule has 1 aromatic rings. The van der Waals surface area contributed by atoms with E-state index in [2.05, 4.69) is 10.4 Å². The molecule has 0 spiro atoms. The Kier molecular flexibility index (Phi) is 3.57. The van der Waals surface area contributed by atoms with Crippen LogP contribution in [-0.2, 0) is 7.05 Å². The summed E-state index contributed by atoms with van der Waals surface area (Å²) in [7, 11) is 1.73. The Morgan fingerprint density at radius 3 is 2.57 bits per heavy atom. The van der Waals surface area contributed by atoms with Crippen LogP contribution < -0.4 is 5.32 Å². The molecule has 0 aromatic carbocycles. The molecule has 80 valence electrons. The second-order valence-corrected chi connectivity index (χ2v) is 3.21. The number of halogens is 2. The smallest absolute Gasteiger partial charge is 0.257 e. The Morgan fingerprint density at radius 2 is 2.21 bits per heavy atom. The van der Waals surface area contributed by atoms with Crippen LogP contribution in [-0.4, -0.2) is 22.8 Å². The summed E-state index contributed by atoms with van der Waals surface area (Å²) >= 11 is 0. The first-order chi connectivity index (χ1) is 6.56. The zero-order valence-corrected chi connectivity index (χ0v) is 8.59. The minimum absolute atomic E-state index is 0.517. The van der Waals surface area contributed by atoms with Gasteiger partial charge in [-0.2, -0.15) is 5.10 Å². The van der Waals surface area contributed by atoms with Crippen molar-refractivity contribution in [2.24, 2.45) is 7.05 Å². The minimum Gasteiger partial charge on any atom is -0.305 e. The monoisotopic (exact) mass is 203 g/mol. The average molecular weight is 203 g/mol. The van der Waals surface area contributed by atoms with Crippen molar-refractivity contribution < 1.29 is 8.78 Å². The number of hydrogen-bond acceptors (Lipinski definition) is 2. The Labute approximate surface area is 82.1 Å². The van der Waals surface area contributed by atoms with Crippen molar-refractivity contribution in [3.8, 4) is 0 Å². The third-order valence-electron chi connectivity index (χ3n) is 2.06. The summed E-state index contributed by atoms with van der Waals surface area (Å²) in [6, 6.07) is -0.909. The molecular formula is C9H15F2N3. The fraction of sp³-hybridized carbons (Fsp3) is 0.667. The van der Waals surface area contributed by atoms with Crippen molar-refractivity contribution in [3.05, 3.63) is 17.5 Å². The second-order valence-electron chi connectivity index (χ2n) is 3.21. The van der Waals surface area contributed by atoms with E-state index in [9.17, 15) is 8.78 Å². The first kappa shape index (κ1) is 11.1. The molecule has 0 radical (unpaired) electrons. The van der Waals surface area contributed by atoms with Crippen molar-refractivity contribution in [3.63, 3.8) is 0 Å². The van der Waals surface area contributed by atoms with Gasteiger partial charge in [0, 0.05) is 18.8 Å². The van der Waals surface area contributed by atoms with Crippen molar-refractivity contribution in [2.75, 3.05) is 6.54 Å². The third kappa shape index (κ3) is 2.29. The number of nitrogens with one attached hydrogen (secondary N) is 1. The van der Waals surface area contributed by atoms with E-state index in [0.29, 0.717) is 17.8 Å². The predicted molar refractivity (Wildman–Crippen MR) is 50.4 cm³/mol. The normalized spacial score (nSPS) is 13.6. The van der Waals surface area contributed by atoms with E-state index in [0.717, 1.165) is 0 Å². The Hall–Kier alpha value is -0.970. The van der Waals surface area contributed by atoms with Gasteiger partial charge in [-0.05, 0) is 13.5 Å². The summed E-state index contributed by atoms with van der Waals surface area (Å²) in [5, 5.41) is 6.79. The van der Waals surface area contributed by atoms with E-state index in [-0.39, 0.29) is 0 Å². The van der Waals surface area contributed by atoms with Gasteiger partial charge in [-0.3, -0.25) is 4.68 Å². The minimum atomic E-state index is -2.40. The highest BCUT2D eigenvalue weighted by molar-refractivity contribution is 5.20. The molecule has 1 atom stereocenters. The first-order valence-corrected chi connectivity index (χ1v) is 4.58. The highest BCUT2D eigenvalue weighted by Crippen LogP contribution is 2.22. The molecule has 14 heavy (non-hydrogen) atoms. The molecule has 0 saturated carbocycles. The lowest BCUT2D eigenvalue weighted by atomic mass is 10.1. The van der Waals surface area contributed by atoms with Crippen LogP contribution in [0.15, 0.2) is 6.20 Å². The van der Waals surface area contributed by atoms with Gasteiger partial charge in [-0.25, -0.2) is 8.78 Å². The maximum Gasteiger partial charge on any atom is 0.257 e. The molecule has 1 unspecified atom stereocenters. The van der Waals surface area contributed by atoms with E-state index in [4.69, 9.17) is 0 Å². The molecule has 0 amide bonds. The van der Waals surface area contributed by atoms with Gasteiger partial charge >= 0.3 is 0 Å². The highest BCUT2D eigenvalue weighted by Gasteiger charge is 2.24. The maximum atomic E-state index is 12.7. The van der Waals surface area contributed by atoms with Crippen molar-refractivity contribution in [2.45, 2.75) is 26.3 Å². The van der Waals surface area contributed by atoms with E-state index >= 15 is 0 Å². The van der Waals surface area contributed by atoms with Crippen molar-refractivity contribution in [1.29, 1.82) is 0 Å². The Bertz CT molecular complexity index is 296. The molecule has 0 aliphatic heterocycles. The zero-order chi connectivity index (χ0) is 10.7. The molecular weight excluding hydrogens is 188 g/mol. The molecule has 1 rings (SSSR count). The van der Waals surface area contributed by atoms with E-state index in [1.807, 2.05) is 0 Å². The second kappa shape index (κ2) is 4.50. The summed E-state index contributed by atoms with van der Waals surface area (Å²) in [5.74, 6) is 0. The van der Waals surface area contributed by atoms with Gasteiger partial charge in [0.2, 0.25) is 0 Å². The summed E-state index contributed by atoms with van der Waals surface area (Å²) in [5.41, 5.74) is 1.23. The Balaban J connectivity index is 2.92. The average Bonchev–Trinajstić information content (AvgIpc) is 2.40. The Morgan fingerprint density at radius 1 is 1.57 bits per heavy atom. The number of aromatic nitrogens is 2. The first-order valence-electron chi connectivity index (χ1n) is 4.58. The zero-order valence-electron chi connectivity index (χ0n) is 8.59. The van der Waals surface area contributed by atoms with Crippen LogP contribution in [0.1, 0.15) is 24.2 Å². The maximum absolute atomic E-state index is 12.7. The molecule has 1 heterocycles. The summed E-state index contributed by atoms with van der Waals surface area (Å²) in [6.45, 7) is 4.06. The lowest BCUT2D eigenvalue weighted by molar-refractivity contribution is 0.0990. The largest absolute Gasteiger partial charge is 0.305 e. The fourth-order valence-corrected chi connectivity index (χ4v) is 1.48. The molecule has 0 bridgehead atoms. The number of alkyl halides is 2. The van der Waals surface area contributed by atoms with Crippen LogP contribution >= 0.6 is 0 Å². The quantitative estimate of drug-likeness (QED) is 0.806. The van der Waals surface area contributed by atoms with Gasteiger partial charge in [0.05, 0.1) is 11.7 Å². The van der Waals surface area contributed by atoms with Crippen LogP contribution in [0.4, 0.5) is 8.78 Å². The molecule has 3 nitrogen and oxygen atoms in total. The van der Waals surface area contributed by atoms with Crippen LogP contribution in [0, 0.1) is 6.92 Å². The SMILES string of the molecule is CCNC(c1cn(C)nc1C)C(F)F. The molecule has 0 aliphatic carbocycles. The summed E-state index contributed by atoms with van der Waals surface area (Å²) in [6.07, 6.45) is -0.771. The molecule has 0 saturated heterocycles. The molecule has 0 aliphatic rings. The van der Waals surface area contributed by atoms with Crippen molar-refractivity contribution >= 4 is 0 Å². The lowest BCUT2D eigenvalue weighted by Crippen LogP contribution is -2.27. The highest BCUT2D eigenvalue weighted by atomic mass is 19.3. The standard InChI is InChI=1S/C9H15F2N3/c1-4-12-8(9(10)11)7-5-14(3)13-6(7)2/h5,8-9,12H,4H2,1-3H3. The van der Waals surface area contributed by atoms with E-state index in [1.54, 1.807) is 31.8 Å². The van der Waals surface area contributed by atoms with Crippen molar-refractivity contribution in [1.82, 2.24) is 15.1 Å². The van der Waals surface area contributed by atoms with Gasteiger partial charge in [0.15, 0.2) is 0 Å². The number of aryl methyl sites for hydroxylation is 2. The molecule has 5 heteroatoms. The van der Waals surface area contributed by atoms with E-state index in [1.165, 1.54) is 0 Å². The summed E-state index contributed by atoms with van der Waals surface area (Å²) < 4.78 is 26.9. The summed E-state index contributed by atoms with van der Waals surface area (Å²) in [4.78, 5) is 0.